The van der Waals surface area contributed by atoms with Crippen molar-refractivity contribution >= 4 is 6.21 Å². The molecule has 0 aromatic rings. The van der Waals surface area contributed by atoms with Gasteiger partial charge in [-0.3, -0.25) is 0 Å². The van der Waals surface area contributed by atoms with Crippen molar-refractivity contribution in [2.24, 2.45) is 16.8 Å². The Bertz CT molecular complexity index is 512. The van der Waals surface area contributed by atoms with Crippen molar-refractivity contribution in [2.45, 2.75) is 26.2 Å². The molecule has 2 unspecified atom stereocenters. The first kappa shape index (κ1) is 10.4. The summed E-state index contributed by atoms with van der Waals surface area (Å²) in [6.45, 7) is 2.18. The number of allylic oxidation sites excluding steroid dienone is 5. The van der Waals surface area contributed by atoms with Crippen LogP contribution < -0.4 is 0 Å². The number of nitrogens with zero attached hydrogens (tertiary/aromatic N) is 2. The molecule has 17 heavy (non-hydrogen) atoms. The monoisotopic (exact) mass is 230 g/mol. The molecular formula is C13H14N2O2. The fourth-order valence-electron chi connectivity index (χ4n) is 3.13. The van der Waals surface area contributed by atoms with Crippen LogP contribution in [0.4, 0.5) is 0 Å². The normalized spacial score (nSPS) is 30.6. The molecule has 0 bridgehead atoms. The lowest BCUT2D eigenvalue weighted by Gasteiger charge is -2.19. The minimum atomic E-state index is -0.409. The highest BCUT2D eigenvalue weighted by atomic mass is 16.6. The Morgan fingerprint density at radius 1 is 1.53 bits per heavy atom. The molecule has 4 nitrogen and oxygen atoms in total. The fraction of sp³-hybridized carbons (Fsp3) is 0.462. The molecule has 3 rings (SSSR count). The van der Waals surface area contributed by atoms with E-state index in [2.05, 4.69) is 18.0 Å². The van der Waals surface area contributed by atoms with E-state index in [4.69, 9.17) is 0 Å². The van der Waals surface area contributed by atoms with Crippen molar-refractivity contribution < 1.29 is 4.92 Å². The highest BCUT2D eigenvalue weighted by molar-refractivity contribution is 5.85. The molecule has 88 valence electrons. The minimum Gasteiger partial charge on any atom is -0.358 e. The second kappa shape index (κ2) is 3.65. The second-order valence-corrected chi connectivity index (χ2v) is 4.96. The van der Waals surface area contributed by atoms with E-state index in [9.17, 15) is 10.1 Å². The third-order valence-electron chi connectivity index (χ3n) is 3.89. The van der Waals surface area contributed by atoms with Gasteiger partial charge in [0.15, 0.2) is 0 Å². The Morgan fingerprint density at radius 2 is 2.35 bits per heavy atom. The zero-order valence-electron chi connectivity index (χ0n) is 9.72. The largest absolute Gasteiger partial charge is 0.363 e. The van der Waals surface area contributed by atoms with E-state index in [1.165, 1.54) is 17.6 Å². The molecule has 3 aliphatic rings. The quantitative estimate of drug-likeness (QED) is 0.513. The molecule has 0 fully saturated rings. The maximum absolute atomic E-state index is 10.8. The maximum Gasteiger partial charge on any atom is 0.363 e. The zero-order chi connectivity index (χ0) is 12.0. The molecule has 2 atom stereocenters. The van der Waals surface area contributed by atoms with Crippen LogP contribution in [0.15, 0.2) is 39.7 Å². The summed E-state index contributed by atoms with van der Waals surface area (Å²) in [7, 11) is 0. The molecule has 0 amide bonds. The van der Waals surface area contributed by atoms with Crippen LogP contribution in [-0.2, 0) is 0 Å². The molecule has 4 heteroatoms. The Hall–Kier alpha value is -1.71. The summed E-state index contributed by atoms with van der Waals surface area (Å²) in [4.78, 5) is 14.5. The molecule has 0 spiro atoms. The lowest BCUT2D eigenvalue weighted by atomic mass is 9.84. The van der Waals surface area contributed by atoms with Gasteiger partial charge in [0.05, 0.1) is 0 Å². The van der Waals surface area contributed by atoms with Gasteiger partial charge in [-0.05, 0) is 52.2 Å². The average molecular weight is 230 g/mol. The maximum atomic E-state index is 10.8. The third-order valence-corrected chi connectivity index (χ3v) is 3.89. The summed E-state index contributed by atoms with van der Waals surface area (Å²) in [6, 6.07) is 0. The van der Waals surface area contributed by atoms with Gasteiger partial charge < -0.3 is 10.1 Å². The lowest BCUT2D eigenvalue weighted by molar-refractivity contribution is -0.425. The predicted octanol–water partition coefficient (Wildman–Crippen LogP) is 2.86. The van der Waals surface area contributed by atoms with Crippen molar-refractivity contribution in [3.8, 4) is 0 Å². The van der Waals surface area contributed by atoms with Crippen LogP contribution in [0.2, 0.25) is 0 Å². The van der Waals surface area contributed by atoms with E-state index in [1.54, 1.807) is 12.3 Å². The van der Waals surface area contributed by atoms with Gasteiger partial charge in [0, 0.05) is 11.6 Å². The van der Waals surface area contributed by atoms with E-state index < -0.39 is 4.92 Å². The van der Waals surface area contributed by atoms with E-state index in [0.717, 1.165) is 18.4 Å². The first-order chi connectivity index (χ1) is 8.16. The average Bonchev–Trinajstić information content (AvgIpc) is 2.50. The van der Waals surface area contributed by atoms with Gasteiger partial charge in [0.2, 0.25) is 0 Å². The summed E-state index contributed by atoms with van der Waals surface area (Å²) in [5, 5.41) is 10.8. The summed E-state index contributed by atoms with van der Waals surface area (Å²) in [6.07, 6.45) is 8.80. The Balaban J connectivity index is 2.13. The lowest BCUT2D eigenvalue weighted by Crippen LogP contribution is -2.07. The number of rotatable bonds is 1. The topological polar surface area (TPSA) is 55.5 Å². The van der Waals surface area contributed by atoms with Gasteiger partial charge in [-0.25, -0.2) is 0 Å². The molecule has 2 aliphatic carbocycles. The van der Waals surface area contributed by atoms with E-state index >= 15 is 0 Å². The van der Waals surface area contributed by atoms with Gasteiger partial charge >= 0.3 is 5.82 Å². The molecule has 0 saturated heterocycles. The Morgan fingerprint density at radius 3 is 3.12 bits per heavy atom. The van der Waals surface area contributed by atoms with Crippen molar-refractivity contribution in [2.75, 3.05) is 0 Å². The van der Waals surface area contributed by atoms with E-state index in [1.807, 2.05) is 0 Å². The highest BCUT2D eigenvalue weighted by Crippen LogP contribution is 2.46. The van der Waals surface area contributed by atoms with Crippen LogP contribution in [0.5, 0.6) is 0 Å². The first-order valence-corrected chi connectivity index (χ1v) is 6.01. The second-order valence-electron chi connectivity index (χ2n) is 4.96. The number of hydrogen-bond donors (Lipinski definition) is 0. The number of aliphatic imine (C=N–C) groups is 1. The first-order valence-electron chi connectivity index (χ1n) is 6.01. The molecule has 0 saturated carbocycles. The summed E-state index contributed by atoms with van der Waals surface area (Å²) < 4.78 is 0. The number of hydrogen-bond acceptors (Lipinski definition) is 3. The minimum absolute atomic E-state index is 0.0431. The molecule has 0 aromatic carbocycles. The van der Waals surface area contributed by atoms with Crippen molar-refractivity contribution in [3.63, 3.8) is 0 Å². The zero-order valence-corrected chi connectivity index (χ0v) is 9.72. The van der Waals surface area contributed by atoms with E-state index in [0.29, 0.717) is 11.8 Å². The Kier molecular flexibility index (Phi) is 2.24. The number of nitro groups is 1. The van der Waals surface area contributed by atoms with Crippen LogP contribution in [0.1, 0.15) is 26.2 Å². The summed E-state index contributed by atoms with van der Waals surface area (Å²) in [5.74, 6) is 1.01. The van der Waals surface area contributed by atoms with Gasteiger partial charge in [-0.1, -0.05) is 13.0 Å². The summed E-state index contributed by atoms with van der Waals surface area (Å²) >= 11 is 0. The van der Waals surface area contributed by atoms with Crippen LogP contribution in [0.3, 0.4) is 0 Å². The molecule has 0 radical (unpaired) electrons. The van der Waals surface area contributed by atoms with Gasteiger partial charge in [0.1, 0.15) is 6.21 Å². The van der Waals surface area contributed by atoms with Crippen LogP contribution >= 0.6 is 0 Å². The third kappa shape index (κ3) is 1.55. The molecular weight excluding hydrogens is 216 g/mol. The fourth-order valence-corrected chi connectivity index (χ4v) is 3.13. The smallest absolute Gasteiger partial charge is 0.358 e. The molecule has 0 aromatic heterocycles. The molecule has 0 N–H and O–H groups in total. The summed E-state index contributed by atoms with van der Waals surface area (Å²) in [5.41, 5.74) is 3.54. The van der Waals surface area contributed by atoms with E-state index in [-0.39, 0.29) is 5.82 Å². The van der Waals surface area contributed by atoms with Crippen molar-refractivity contribution in [3.05, 3.63) is 44.8 Å². The molecule has 1 aliphatic heterocycles. The van der Waals surface area contributed by atoms with Gasteiger partial charge in [0.25, 0.3) is 0 Å². The predicted molar refractivity (Wildman–Crippen MR) is 65.2 cm³/mol. The van der Waals surface area contributed by atoms with Gasteiger partial charge in [-0.2, -0.15) is 0 Å². The SMILES string of the molecule is CC1CC2CCC=C3C=C([N+](=O)[O-])N=CC1=C32. The Labute approximate surface area is 99.6 Å². The van der Waals surface area contributed by atoms with Crippen LogP contribution in [-0.4, -0.2) is 11.1 Å². The van der Waals surface area contributed by atoms with Gasteiger partial charge in [-0.15, -0.1) is 0 Å². The van der Waals surface area contributed by atoms with Crippen molar-refractivity contribution in [1.82, 2.24) is 0 Å². The molecule has 1 heterocycles. The van der Waals surface area contributed by atoms with Crippen LogP contribution in [0, 0.1) is 22.0 Å². The van der Waals surface area contributed by atoms with Crippen LogP contribution in [0.25, 0.3) is 0 Å². The highest BCUT2D eigenvalue weighted by Gasteiger charge is 2.35. The van der Waals surface area contributed by atoms with Crippen molar-refractivity contribution in [1.29, 1.82) is 0 Å². The standard InChI is InChI=1S/C13H14N2O2/c1-8-5-9-3-2-4-10-6-12(15(16)17)14-7-11(8)13(9)10/h4,6-9H,2-3,5H2,1H3.